The summed E-state index contributed by atoms with van der Waals surface area (Å²) in [6.45, 7) is 0. The topological polar surface area (TPSA) is 81.6 Å². The Morgan fingerprint density at radius 3 is 2.55 bits per heavy atom. The van der Waals surface area contributed by atoms with E-state index < -0.39 is 6.03 Å². The van der Waals surface area contributed by atoms with E-state index in [2.05, 4.69) is 10.6 Å². The lowest BCUT2D eigenvalue weighted by atomic mass is 10.2. The Bertz CT molecular complexity index is 1180. The summed E-state index contributed by atoms with van der Waals surface area (Å²) in [4.78, 5) is 26.4. The summed E-state index contributed by atoms with van der Waals surface area (Å²) in [7, 11) is 6.01. The Labute approximate surface area is 173 Å². The second kappa shape index (κ2) is 7.98. The normalized spacial score (nSPS) is 10.7. The molecule has 2 aliphatic rings. The Kier molecular flexibility index (Phi) is 5.24. The molecule has 2 aromatic rings. The number of benzene rings is 2. The van der Waals surface area contributed by atoms with Gasteiger partial charge in [-0.25, -0.2) is 4.79 Å². The highest BCUT2D eigenvalue weighted by Gasteiger charge is 2.26. The number of rotatable bonds is 5. The van der Waals surface area contributed by atoms with Crippen LogP contribution in [0.3, 0.4) is 0 Å². The zero-order chi connectivity index (χ0) is 20.4. The molecular formula is C20H17N3O4S2. The highest BCUT2D eigenvalue weighted by Crippen LogP contribution is 2.40. The molecule has 0 fully saturated rings. The van der Waals surface area contributed by atoms with Crippen molar-refractivity contribution in [3.05, 3.63) is 64.3 Å². The van der Waals surface area contributed by atoms with Gasteiger partial charge in [0.25, 0.3) is 5.56 Å². The van der Waals surface area contributed by atoms with Gasteiger partial charge in [-0.2, -0.15) is 0 Å². The van der Waals surface area contributed by atoms with Crippen molar-refractivity contribution in [3.63, 3.8) is 0 Å². The van der Waals surface area contributed by atoms with Gasteiger partial charge in [0.05, 0.1) is 30.5 Å². The minimum Gasteiger partial charge on any atom is -0.497 e. The summed E-state index contributed by atoms with van der Waals surface area (Å²) in [5, 5.41) is 7.32. The lowest BCUT2D eigenvalue weighted by molar-refractivity contribution is 0.262. The molecule has 29 heavy (non-hydrogen) atoms. The van der Waals surface area contributed by atoms with Crippen LogP contribution in [0.5, 0.6) is 11.5 Å². The van der Waals surface area contributed by atoms with E-state index in [4.69, 9.17) is 9.47 Å². The highest BCUT2D eigenvalue weighted by molar-refractivity contribution is 7.70. The molecule has 0 spiro atoms. The summed E-state index contributed by atoms with van der Waals surface area (Å²) < 4.78 is 12.2. The average molecular weight is 428 g/mol. The number of fused-ring (bicyclic) bond motifs is 1. The van der Waals surface area contributed by atoms with E-state index in [0.717, 1.165) is 0 Å². The maximum Gasteiger partial charge on any atom is 0.323 e. The molecule has 2 amide bonds. The Hall–Kier alpha value is -3.30. The van der Waals surface area contributed by atoms with Gasteiger partial charge in [-0.1, -0.05) is 38.9 Å². The minimum atomic E-state index is -0.479. The predicted molar refractivity (Wildman–Crippen MR) is 117 cm³/mol. The standard InChI is InChI=1S/C20H17N3O4S2/c1-26-13-8-9-14(16(10-13)27-2)23-15-11-28-29-18(15)17(19(23)24)22-20(25)21-12-6-4-3-5-7-12/h3-11H,1-2H3,(H2,21,22,25). The van der Waals surface area contributed by atoms with E-state index in [0.29, 0.717) is 33.4 Å². The Balaban J connectivity index is 1.73. The summed E-state index contributed by atoms with van der Waals surface area (Å²) in [6, 6.07) is 13.8. The summed E-state index contributed by atoms with van der Waals surface area (Å²) >= 11 is 0. The quantitative estimate of drug-likeness (QED) is 0.451. The number of hydrogen-bond donors (Lipinski definition) is 2. The molecule has 0 aromatic heterocycles. The molecule has 2 heterocycles. The molecule has 4 rings (SSSR count). The molecule has 148 valence electrons. The molecule has 2 aliphatic heterocycles. The maximum atomic E-state index is 13.2. The average Bonchev–Trinajstić information content (AvgIpc) is 3.30. The number of urea groups is 1. The first-order valence-corrected chi connectivity index (χ1v) is 10.8. The van der Waals surface area contributed by atoms with Crippen molar-refractivity contribution in [1.82, 2.24) is 4.57 Å². The van der Waals surface area contributed by atoms with Crippen LogP contribution in [-0.4, -0.2) is 24.8 Å². The molecule has 0 radical (unpaired) electrons. The number of para-hydroxylation sites is 1. The molecule has 0 aliphatic carbocycles. The van der Waals surface area contributed by atoms with Gasteiger partial charge in [0.1, 0.15) is 17.2 Å². The van der Waals surface area contributed by atoms with Crippen LogP contribution in [0.2, 0.25) is 0 Å². The number of aromatic nitrogens is 1. The lowest BCUT2D eigenvalue weighted by Gasteiger charge is -2.11. The minimum absolute atomic E-state index is 0.234. The monoisotopic (exact) mass is 427 g/mol. The maximum absolute atomic E-state index is 13.2. The van der Waals surface area contributed by atoms with E-state index in [1.807, 2.05) is 23.6 Å². The first kappa shape index (κ1) is 19.0. The third kappa shape index (κ3) is 3.57. The van der Waals surface area contributed by atoms with Gasteiger partial charge in [0, 0.05) is 17.1 Å². The number of hydrogen-bond acceptors (Lipinski definition) is 6. The number of nitrogens with zero attached hydrogens (tertiary/aromatic N) is 1. The van der Waals surface area contributed by atoms with Gasteiger partial charge in [0.2, 0.25) is 0 Å². The van der Waals surface area contributed by atoms with E-state index in [1.54, 1.807) is 42.0 Å². The summed E-state index contributed by atoms with van der Waals surface area (Å²) in [5.41, 5.74) is 1.83. The van der Waals surface area contributed by atoms with Crippen LogP contribution < -0.4 is 25.7 Å². The van der Waals surface area contributed by atoms with Gasteiger partial charge in [-0.15, -0.1) is 0 Å². The molecule has 2 aromatic carbocycles. The Morgan fingerprint density at radius 1 is 1.03 bits per heavy atom. The predicted octanol–water partition coefficient (Wildman–Crippen LogP) is 4.73. The second-order valence-corrected chi connectivity index (χ2v) is 8.09. The van der Waals surface area contributed by atoms with Crippen LogP contribution in [-0.2, 0) is 0 Å². The van der Waals surface area contributed by atoms with E-state index in [-0.39, 0.29) is 11.2 Å². The van der Waals surface area contributed by atoms with Gasteiger partial charge in [-0.3, -0.25) is 9.36 Å². The lowest BCUT2D eigenvalue weighted by Crippen LogP contribution is -2.24. The number of anilines is 2. The van der Waals surface area contributed by atoms with Gasteiger partial charge >= 0.3 is 6.03 Å². The van der Waals surface area contributed by atoms with Crippen molar-refractivity contribution in [2.24, 2.45) is 0 Å². The number of nitrogens with one attached hydrogen (secondary N) is 2. The fraction of sp³-hybridized carbons (Fsp3) is 0.100. The molecule has 0 atom stereocenters. The zero-order valence-electron chi connectivity index (χ0n) is 15.6. The van der Waals surface area contributed by atoms with Crippen LogP contribution in [0.25, 0.3) is 16.3 Å². The molecule has 7 nitrogen and oxygen atoms in total. The van der Waals surface area contributed by atoms with Crippen molar-refractivity contribution in [2.75, 3.05) is 24.9 Å². The van der Waals surface area contributed by atoms with E-state index in [9.17, 15) is 9.59 Å². The molecule has 0 unspecified atom stereocenters. The molecule has 0 saturated carbocycles. The largest absolute Gasteiger partial charge is 0.497 e. The van der Waals surface area contributed by atoms with Gasteiger partial charge in [-0.05, 0) is 24.3 Å². The fourth-order valence-corrected chi connectivity index (χ4v) is 5.18. The van der Waals surface area contributed by atoms with Gasteiger partial charge in [0.15, 0.2) is 0 Å². The highest BCUT2D eigenvalue weighted by atomic mass is 32.9. The van der Waals surface area contributed by atoms with Crippen LogP contribution in [0.1, 0.15) is 0 Å². The van der Waals surface area contributed by atoms with E-state index in [1.165, 1.54) is 27.8 Å². The SMILES string of the molecule is COc1ccc(-n2c3cssc-3c(NC(=O)Nc3ccccc3)c2=O)c(OC)c1. The molecular weight excluding hydrogens is 410 g/mol. The summed E-state index contributed by atoms with van der Waals surface area (Å²) in [6.07, 6.45) is 0. The third-order valence-corrected chi connectivity index (χ3v) is 6.38. The number of methoxy groups -OCH3 is 2. The van der Waals surface area contributed by atoms with Crippen LogP contribution in [0, 0.1) is 0 Å². The van der Waals surface area contributed by atoms with Crippen molar-refractivity contribution < 1.29 is 14.3 Å². The van der Waals surface area contributed by atoms with Crippen LogP contribution in [0.15, 0.2) is 58.7 Å². The van der Waals surface area contributed by atoms with E-state index >= 15 is 0 Å². The van der Waals surface area contributed by atoms with Gasteiger partial charge < -0.3 is 20.1 Å². The number of carbonyl (C=O) groups is 1. The zero-order valence-corrected chi connectivity index (χ0v) is 17.2. The van der Waals surface area contributed by atoms with Crippen molar-refractivity contribution in [1.29, 1.82) is 0 Å². The Morgan fingerprint density at radius 2 is 1.83 bits per heavy atom. The van der Waals surface area contributed by atoms with Crippen LogP contribution in [0.4, 0.5) is 16.2 Å². The molecule has 0 saturated heterocycles. The molecule has 2 N–H and O–H groups in total. The first-order valence-electron chi connectivity index (χ1n) is 8.60. The second-order valence-electron chi connectivity index (χ2n) is 6.01. The summed E-state index contributed by atoms with van der Waals surface area (Å²) in [5.74, 6) is 1.12. The number of ether oxygens (including phenoxy) is 2. The first-order chi connectivity index (χ1) is 14.1. The smallest absolute Gasteiger partial charge is 0.323 e. The van der Waals surface area contributed by atoms with Crippen LogP contribution >= 0.6 is 20.7 Å². The van der Waals surface area contributed by atoms with Crippen molar-refractivity contribution in [3.8, 4) is 27.8 Å². The molecule has 9 heteroatoms. The number of amides is 2. The fourth-order valence-electron chi connectivity index (χ4n) is 2.97. The third-order valence-electron chi connectivity index (χ3n) is 4.31. The number of carbonyl (C=O) groups excluding carboxylic acids is 1. The molecule has 0 bridgehead atoms. The van der Waals surface area contributed by atoms with Crippen molar-refractivity contribution >= 4 is 38.1 Å². The van der Waals surface area contributed by atoms with Crippen molar-refractivity contribution in [2.45, 2.75) is 0 Å².